The van der Waals surface area contributed by atoms with E-state index in [9.17, 15) is 5.26 Å². The van der Waals surface area contributed by atoms with Crippen LogP contribution in [0.25, 0.3) is 22.3 Å². The van der Waals surface area contributed by atoms with Gasteiger partial charge in [-0.3, -0.25) is 4.65 Å². The van der Waals surface area contributed by atoms with E-state index in [-0.39, 0.29) is 0 Å². The average Bonchev–Trinajstić information content (AvgIpc) is 3.50. The molecule has 8 aromatic rings. The van der Waals surface area contributed by atoms with E-state index in [1.54, 1.807) is 6.07 Å². The van der Waals surface area contributed by atoms with E-state index < -0.39 is 4.65 Å². The van der Waals surface area contributed by atoms with E-state index in [1.807, 2.05) is 127 Å². The molecule has 0 atom stereocenters. The highest BCUT2D eigenvalue weighted by Gasteiger charge is 2.40. The van der Waals surface area contributed by atoms with Crippen LogP contribution in [-0.4, -0.2) is 0 Å². The summed E-state index contributed by atoms with van der Waals surface area (Å²) in [6.07, 6.45) is 0. The van der Waals surface area contributed by atoms with Gasteiger partial charge in [0.1, 0.15) is 5.69 Å². The molecule has 0 spiro atoms. The Morgan fingerprint density at radius 2 is 0.815 bits per heavy atom. The van der Waals surface area contributed by atoms with E-state index in [2.05, 4.69) is 88.7 Å². The zero-order chi connectivity index (χ0) is 36.5. The Bertz CT molecular complexity index is 2410. The summed E-state index contributed by atoms with van der Waals surface area (Å²) in [7, 11) is 0. The lowest BCUT2D eigenvalue weighted by Crippen LogP contribution is -2.29. The van der Waals surface area contributed by atoms with Crippen LogP contribution in [0.1, 0.15) is 5.56 Å². The highest BCUT2D eigenvalue weighted by molar-refractivity contribution is 6.02. The van der Waals surface area contributed by atoms with E-state index in [0.717, 1.165) is 56.4 Å². The van der Waals surface area contributed by atoms with Gasteiger partial charge in [0.05, 0.1) is 22.8 Å². The second-order valence-electron chi connectivity index (χ2n) is 13.3. The second-order valence-corrected chi connectivity index (χ2v) is 13.3. The Kier molecular flexibility index (Phi) is 8.30. The molecular weight excluding hydrogens is 661 g/mol. The summed E-state index contributed by atoms with van der Waals surface area (Å²) in [5, 5.41) is 25.3. The predicted molar refractivity (Wildman–Crippen MR) is 222 cm³/mol. The molecule has 0 aliphatic carbocycles. The first-order chi connectivity index (χ1) is 26.6. The van der Waals surface area contributed by atoms with Crippen molar-refractivity contribution in [1.29, 1.82) is 5.26 Å². The Morgan fingerprint density at radius 1 is 0.389 bits per heavy atom. The number of nitriles is 1. The molecule has 8 aromatic carbocycles. The van der Waals surface area contributed by atoms with Gasteiger partial charge in [-0.1, -0.05) is 84.9 Å². The molecule has 1 aliphatic rings. The van der Waals surface area contributed by atoms with Crippen LogP contribution in [0.4, 0.5) is 51.2 Å². The summed E-state index contributed by atoms with van der Waals surface area (Å²) in [6.45, 7) is 0. The molecule has 0 fully saturated rings. The molecule has 256 valence electrons. The quantitative estimate of drug-likeness (QED) is 0.117. The van der Waals surface area contributed by atoms with Gasteiger partial charge in [0, 0.05) is 58.4 Å². The number of quaternary nitrogens is 1. The lowest BCUT2D eigenvalue weighted by atomic mass is 10.0. The Morgan fingerprint density at radius 3 is 1.22 bits per heavy atom. The van der Waals surface area contributed by atoms with Crippen molar-refractivity contribution in [1.82, 2.24) is 4.65 Å². The summed E-state index contributed by atoms with van der Waals surface area (Å²) < 4.78 is -0.739. The number of rotatable bonds is 8. The zero-order valence-corrected chi connectivity index (χ0v) is 29.3. The van der Waals surface area contributed by atoms with Crippen LogP contribution in [0.2, 0.25) is 0 Å². The molecule has 0 saturated carbocycles. The lowest BCUT2D eigenvalue weighted by Gasteiger charge is -2.38. The maximum Gasteiger partial charge on any atom is 0.151 e. The largest absolute Gasteiger partial charge is 0.616 e. The van der Waals surface area contributed by atoms with E-state index >= 15 is 5.21 Å². The third kappa shape index (κ3) is 5.69. The maximum atomic E-state index is 15.8. The smallest absolute Gasteiger partial charge is 0.151 e. The van der Waals surface area contributed by atoms with Gasteiger partial charge < -0.3 is 15.0 Å². The Balaban J connectivity index is 1.24. The lowest BCUT2D eigenvalue weighted by molar-refractivity contribution is 0.710. The molecule has 1 heterocycles. The van der Waals surface area contributed by atoms with Gasteiger partial charge in [0.15, 0.2) is 11.4 Å². The number of nitrogens with zero attached hydrogens (tertiary/aromatic N) is 4. The summed E-state index contributed by atoms with van der Waals surface area (Å²) in [5.74, 6) is 0. The summed E-state index contributed by atoms with van der Waals surface area (Å²) in [5.41, 5.74) is 12.1. The van der Waals surface area contributed by atoms with Crippen molar-refractivity contribution in [2.24, 2.45) is 0 Å². The zero-order valence-electron chi connectivity index (χ0n) is 29.3. The number of para-hydroxylation sites is 4. The van der Waals surface area contributed by atoms with E-state index in [4.69, 9.17) is 0 Å². The predicted octanol–water partition coefficient (Wildman–Crippen LogP) is 13.6. The molecule has 0 unspecified atom stereocenters. The fourth-order valence-corrected chi connectivity index (χ4v) is 7.55. The van der Waals surface area contributed by atoms with Crippen molar-refractivity contribution in [2.45, 2.75) is 0 Å². The normalized spacial score (nSPS) is 12.3. The number of fused-ring (bicyclic) bond motifs is 3. The molecule has 0 bridgehead atoms. The van der Waals surface area contributed by atoms with Gasteiger partial charge in [0.25, 0.3) is 0 Å². The second kappa shape index (κ2) is 13.7. The fourth-order valence-electron chi connectivity index (χ4n) is 7.55. The summed E-state index contributed by atoms with van der Waals surface area (Å²) in [4.78, 5) is 4.46. The van der Waals surface area contributed by atoms with Crippen molar-refractivity contribution >= 4 is 51.2 Å². The number of hydrogen-bond acceptors (Lipinski definition) is 4. The standard InChI is InChI=1S/C49H34N4O/c50-35-36-14-13-15-38(32-36)37-24-28-45(29-25-37)53(54)48-30-26-43(51(39-16-5-1-6-17-39)40-18-7-2-8-19-40)33-46(48)47-34-44(27-31-49(47)53)52(41-20-9-3-10-21-41)42-22-11-4-12-23-42/h1-34H. The summed E-state index contributed by atoms with van der Waals surface area (Å²) >= 11 is 0. The minimum atomic E-state index is -0.739. The van der Waals surface area contributed by atoms with Crippen LogP contribution in [0.3, 0.4) is 0 Å². The van der Waals surface area contributed by atoms with E-state index in [0.29, 0.717) is 22.6 Å². The van der Waals surface area contributed by atoms with Crippen LogP contribution < -0.4 is 14.4 Å². The molecule has 0 radical (unpaired) electrons. The van der Waals surface area contributed by atoms with E-state index in [1.165, 1.54) is 0 Å². The number of benzene rings is 8. The molecule has 0 saturated heterocycles. The Hall–Kier alpha value is -7.23. The van der Waals surface area contributed by atoms with Gasteiger partial charge in [-0.2, -0.15) is 5.26 Å². The fraction of sp³-hybridized carbons (Fsp3) is 0. The van der Waals surface area contributed by atoms with Crippen molar-refractivity contribution in [2.75, 3.05) is 9.80 Å². The van der Waals surface area contributed by atoms with Crippen molar-refractivity contribution in [3.63, 3.8) is 0 Å². The highest BCUT2D eigenvalue weighted by atomic mass is 16.5. The van der Waals surface area contributed by atoms with Crippen molar-refractivity contribution in [3.8, 4) is 28.3 Å². The molecule has 9 rings (SSSR count). The van der Waals surface area contributed by atoms with Gasteiger partial charge in [-0.25, -0.2) is 0 Å². The van der Waals surface area contributed by atoms with Crippen LogP contribution in [0, 0.1) is 16.5 Å². The third-order valence-corrected chi connectivity index (χ3v) is 10.1. The molecule has 0 aromatic heterocycles. The Labute approximate surface area is 315 Å². The van der Waals surface area contributed by atoms with Gasteiger partial charge >= 0.3 is 0 Å². The van der Waals surface area contributed by atoms with Crippen LogP contribution in [0.5, 0.6) is 0 Å². The van der Waals surface area contributed by atoms with Crippen LogP contribution in [-0.2, 0) is 0 Å². The highest BCUT2D eigenvalue weighted by Crippen LogP contribution is 2.59. The number of anilines is 6. The monoisotopic (exact) mass is 694 g/mol. The minimum Gasteiger partial charge on any atom is -0.616 e. The molecular formula is C49H34N4O. The minimum absolute atomic E-state index is 0.595. The van der Waals surface area contributed by atoms with Gasteiger partial charge in [0.2, 0.25) is 0 Å². The van der Waals surface area contributed by atoms with Crippen LogP contribution in [0.15, 0.2) is 206 Å². The third-order valence-electron chi connectivity index (χ3n) is 10.1. The number of hydrogen-bond donors (Lipinski definition) is 0. The molecule has 54 heavy (non-hydrogen) atoms. The molecule has 5 heteroatoms. The molecule has 0 amide bonds. The first kappa shape index (κ1) is 32.7. The maximum absolute atomic E-state index is 15.8. The molecule has 5 nitrogen and oxygen atoms in total. The van der Waals surface area contributed by atoms with Crippen molar-refractivity contribution < 1.29 is 0 Å². The molecule has 0 N–H and O–H groups in total. The van der Waals surface area contributed by atoms with Crippen molar-refractivity contribution in [3.05, 3.63) is 217 Å². The first-order valence-corrected chi connectivity index (χ1v) is 17.9. The SMILES string of the molecule is N#Cc1cccc(-c2ccc([N+]3([O-])c4ccc(N(c5ccccc5)c5ccccc5)cc4-c4cc(N(c5ccccc5)c5ccccc5)ccc43)cc2)c1. The topological polar surface area (TPSA) is 53.3 Å². The van der Waals surface area contributed by atoms with Gasteiger partial charge in [-0.15, -0.1) is 0 Å². The average molecular weight is 695 g/mol. The molecule has 1 aliphatic heterocycles. The van der Waals surface area contributed by atoms with Crippen LogP contribution >= 0.6 is 0 Å². The first-order valence-electron chi connectivity index (χ1n) is 17.9. The van der Waals surface area contributed by atoms with Gasteiger partial charge in [-0.05, 0) is 108 Å². The summed E-state index contributed by atoms with van der Waals surface area (Å²) in [6, 6.07) is 71.2.